The summed E-state index contributed by atoms with van der Waals surface area (Å²) in [7, 11) is 0. The van der Waals surface area contributed by atoms with Crippen LogP contribution in [0.3, 0.4) is 0 Å². The molecule has 1 heterocycles. The van der Waals surface area contributed by atoms with Gasteiger partial charge in [-0.1, -0.05) is 19.1 Å². The topological polar surface area (TPSA) is 12.9 Å². The average Bonchev–Trinajstić information content (AvgIpc) is 2.17. The number of nitrogens with zero attached hydrogens (tertiary/aromatic N) is 1. The molecular weight excluding hydrogens is 226 g/mol. The van der Waals surface area contributed by atoms with Gasteiger partial charge in [0.2, 0.25) is 0 Å². The maximum atomic E-state index is 4.34. The maximum absolute atomic E-state index is 4.34. The van der Waals surface area contributed by atoms with E-state index in [1.165, 1.54) is 10.9 Å². The molecule has 1 aromatic heterocycles. The number of fused-ring (bicyclic) bond motifs is 1. The molecule has 2 rings (SSSR count). The minimum absolute atomic E-state index is 1.03. The molecule has 0 aliphatic rings. The molecule has 0 spiro atoms. The minimum Gasteiger partial charge on any atom is -0.255 e. The van der Waals surface area contributed by atoms with Gasteiger partial charge in [-0.15, -0.1) is 0 Å². The van der Waals surface area contributed by atoms with Gasteiger partial charge in [0.05, 0.1) is 5.52 Å². The van der Waals surface area contributed by atoms with Crippen LogP contribution in [0.2, 0.25) is 0 Å². The number of pyridine rings is 1. The van der Waals surface area contributed by atoms with Crippen molar-refractivity contribution in [2.45, 2.75) is 13.3 Å². The van der Waals surface area contributed by atoms with Crippen LogP contribution in [0, 0.1) is 0 Å². The molecule has 1 aromatic carbocycles. The number of hydrogen-bond donors (Lipinski definition) is 0. The quantitative estimate of drug-likeness (QED) is 0.737. The molecule has 1 nitrogen and oxygen atoms in total. The standard InChI is InChI=1S/C11H10BrN/c1-2-8-3-4-9-6-10(12)7-13-11(9)5-8/h3-7H,2H2,1H3. The van der Waals surface area contributed by atoms with Crippen molar-refractivity contribution in [3.8, 4) is 0 Å². The van der Waals surface area contributed by atoms with E-state index in [9.17, 15) is 0 Å². The summed E-state index contributed by atoms with van der Waals surface area (Å²) >= 11 is 3.41. The van der Waals surface area contributed by atoms with Gasteiger partial charge in [-0.25, -0.2) is 0 Å². The van der Waals surface area contributed by atoms with E-state index in [-0.39, 0.29) is 0 Å². The molecule has 0 saturated heterocycles. The van der Waals surface area contributed by atoms with Crippen molar-refractivity contribution in [2.24, 2.45) is 0 Å². The van der Waals surface area contributed by atoms with Gasteiger partial charge in [0.1, 0.15) is 0 Å². The van der Waals surface area contributed by atoms with Gasteiger partial charge >= 0.3 is 0 Å². The normalized spacial score (nSPS) is 10.6. The molecule has 2 heteroatoms. The van der Waals surface area contributed by atoms with Crippen LogP contribution in [0.5, 0.6) is 0 Å². The molecule has 0 amide bonds. The fourth-order valence-electron chi connectivity index (χ4n) is 1.36. The fraction of sp³-hybridized carbons (Fsp3) is 0.182. The maximum Gasteiger partial charge on any atom is 0.0705 e. The van der Waals surface area contributed by atoms with Crippen LogP contribution in [0.15, 0.2) is 34.9 Å². The van der Waals surface area contributed by atoms with Gasteiger partial charge in [0, 0.05) is 16.1 Å². The van der Waals surface area contributed by atoms with E-state index < -0.39 is 0 Å². The molecule has 0 unspecified atom stereocenters. The Morgan fingerprint density at radius 2 is 2.15 bits per heavy atom. The van der Waals surface area contributed by atoms with E-state index in [2.05, 4.69) is 52.1 Å². The molecule has 0 radical (unpaired) electrons. The number of aromatic nitrogens is 1. The van der Waals surface area contributed by atoms with Crippen molar-refractivity contribution in [2.75, 3.05) is 0 Å². The van der Waals surface area contributed by atoms with E-state index in [0.717, 1.165) is 16.4 Å². The zero-order valence-electron chi connectivity index (χ0n) is 7.42. The molecule has 0 aliphatic heterocycles. The largest absolute Gasteiger partial charge is 0.255 e. The second-order valence-corrected chi connectivity index (χ2v) is 3.95. The summed E-state index contributed by atoms with van der Waals surface area (Å²) in [6, 6.07) is 8.49. The van der Waals surface area contributed by atoms with Crippen molar-refractivity contribution >= 4 is 26.8 Å². The second-order valence-electron chi connectivity index (χ2n) is 3.03. The average molecular weight is 236 g/mol. The van der Waals surface area contributed by atoms with E-state index in [1.54, 1.807) is 0 Å². The SMILES string of the molecule is CCc1ccc2cc(Br)cnc2c1. The zero-order valence-corrected chi connectivity index (χ0v) is 9.01. The lowest BCUT2D eigenvalue weighted by atomic mass is 10.1. The summed E-state index contributed by atoms with van der Waals surface area (Å²) in [5.74, 6) is 0. The molecule has 13 heavy (non-hydrogen) atoms. The molecule has 0 fully saturated rings. The van der Waals surface area contributed by atoms with Crippen LogP contribution in [0.1, 0.15) is 12.5 Å². The number of benzene rings is 1. The third-order valence-electron chi connectivity index (χ3n) is 2.12. The first-order valence-corrected chi connectivity index (χ1v) is 5.13. The number of hydrogen-bond acceptors (Lipinski definition) is 1. The van der Waals surface area contributed by atoms with Crippen LogP contribution < -0.4 is 0 Å². The molecule has 0 saturated carbocycles. The third kappa shape index (κ3) is 1.73. The summed E-state index contributed by atoms with van der Waals surface area (Å²) in [5, 5.41) is 1.19. The summed E-state index contributed by atoms with van der Waals surface area (Å²) in [6.07, 6.45) is 2.90. The van der Waals surface area contributed by atoms with E-state index in [0.29, 0.717) is 0 Å². The van der Waals surface area contributed by atoms with Crippen molar-refractivity contribution in [1.29, 1.82) is 0 Å². The summed E-state index contributed by atoms with van der Waals surface area (Å²) in [6.45, 7) is 2.15. The van der Waals surface area contributed by atoms with E-state index >= 15 is 0 Å². The van der Waals surface area contributed by atoms with Crippen LogP contribution >= 0.6 is 15.9 Å². The van der Waals surface area contributed by atoms with Gasteiger partial charge in [-0.05, 0) is 40.0 Å². The van der Waals surface area contributed by atoms with Gasteiger partial charge in [0.15, 0.2) is 0 Å². The number of aryl methyl sites for hydroxylation is 1. The Kier molecular flexibility index (Phi) is 2.32. The highest BCUT2D eigenvalue weighted by Gasteiger charge is 1.96. The van der Waals surface area contributed by atoms with Gasteiger partial charge in [-0.2, -0.15) is 0 Å². The van der Waals surface area contributed by atoms with Crippen LogP contribution in [0.25, 0.3) is 10.9 Å². The Balaban J connectivity index is 2.66. The third-order valence-corrected chi connectivity index (χ3v) is 2.56. The first-order chi connectivity index (χ1) is 6.29. The lowest BCUT2D eigenvalue weighted by molar-refractivity contribution is 1.14. The first kappa shape index (κ1) is 8.70. The predicted octanol–water partition coefficient (Wildman–Crippen LogP) is 3.56. The predicted molar refractivity (Wildman–Crippen MR) is 58.8 cm³/mol. The lowest BCUT2D eigenvalue weighted by Crippen LogP contribution is -1.83. The highest BCUT2D eigenvalue weighted by Crippen LogP contribution is 2.18. The van der Waals surface area contributed by atoms with Crippen molar-refractivity contribution in [1.82, 2.24) is 4.98 Å². The minimum atomic E-state index is 1.03. The molecule has 0 atom stereocenters. The summed E-state index contributed by atoms with van der Waals surface area (Å²) in [4.78, 5) is 4.34. The van der Waals surface area contributed by atoms with Crippen molar-refractivity contribution in [3.05, 3.63) is 40.5 Å². The number of halogens is 1. The van der Waals surface area contributed by atoms with E-state index in [1.807, 2.05) is 6.20 Å². The molecular formula is C11H10BrN. The Bertz CT molecular complexity index is 437. The summed E-state index contributed by atoms with van der Waals surface area (Å²) in [5.41, 5.74) is 2.41. The van der Waals surface area contributed by atoms with Gasteiger partial charge in [0.25, 0.3) is 0 Å². The second kappa shape index (κ2) is 3.46. The lowest BCUT2D eigenvalue weighted by Gasteiger charge is -2.00. The molecule has 66 valence electrons. The van der Waals surface area contributed by atoms with Crippen LogP contribution in [0.4, 0.5) is 0 Å². The Hall–Kier alpha value is -0.890. The van der Waals surface area contributed by atoms with Crippen LogP contribution in [-0.2, 0) is 6.42 Å². The van der Waals surface area contributed by atoms with Crippen LogP contribution in [-0.4, -0.2) is 4.98 Å². The Morgan fingerprint density at radius 3 is 2.92 bits per heavy atom. The smallest absolute Gasteiger partial charge is 0.0705 e. The first-order valence-electron chi connectivity index (χ1n) is 4.34. The Morgan fingerprint density at radius 1 is 1.31 bits per heavy atom. The van der Waals surface area contributed by atoms with Crippen molar-refractivity contribution < 1.29 is 0 Å². The monoisotopic (exact) mass is 235 g/mol. The highest BCUT2D eigenvalue weighted by atomic mass is 79.9. The zero-order chi connectivity index (χ0) is 9.26. The van der Waals surface area contributed by atoms with Gasteiger partial charge < -0.3 is 0 Å². The molecule has 2 aromatic rings. The number of rotatable bonds is 1. The molecule has 0 aliphatic carbocycles. The Labute approximate surface area is 85.9 Å². The molecule has 0 N–H and O–H groups in total. The fourth-order valence-corrected chi connectivity index (χ4v) is 1.71. The van der Waals surface area contributed by atoms with Gasteiger partial charge in [-0.3, -0.25) is 4.98 Å². The van der Waals surface area contributed by atoms with Crippen molar-refractivity contribution in [3.63, 3.8) is 0 Å². The van der Waals surface area contributed by atoms with E-state index in [4.69, 9.17) is 0 Å². The molecule has 0 bridgehead atoms. The summed E-state index contributed by atoms with van der Waals surface area (Å²) < 4.78 is 1.03. The highest BCUT2D eigenvalue weighted by molar-refractivity contribution is 9.10.